The Kier molecular flexibility index (Phi) is 3.25. The zero-order valence-electron chi connectivity index (χ0n) is 9.48. The maximum atomic E-state index is 12.9. The van der Waals surface area contributed by atoms with Crippen LogP contribution in [0.2, 0.25) is 0 Å². The number of pyridine rings is 1. The van der Waals surface area contributed by atoms with Gasteiger partial charge < -0.3 is 5.11 Å². The van der Waals surface area contributed by atoms with E-state index >= 15 is 0 Å². The van der Waals surface area contributed by atoms with E-state index in [0.717, 1.165) is 12.1 Å². The molecule has 0 atom stereocenters. The van der Waals surface area contributed by atoms with Gasteiger partial charge in [-0.15, -0.1) is 0 Å². The number of phenols is 1. The number of nitrogens with zero attached hydrogens (tertiary/aromatic N) is 1. The summed E-state index contributed by atoms with van der Waals surface area (Å²) in [4.78, 5) is 15.7. The lowest BCUT2D eigenvalue weighted by molar-refractivity contribution is -0.139. The van der Waals surface area contributed by atoms with E-state index in [0.29, 0.717) is 0 Å². The van der Waals surface area contributed by atoms with Crippen LogP contribution in [0.4, 0.5) is 13.2 Å². The third-order valence-electron chi connectivity index (χ3n) is 2.51. The number of aromatic nitrogens is 1. The van der Waals surface area contributed by atoms with Crippen LogP contribution < -0.4 is 0 Å². The SMILES string of the molecule is O=C(c1ccncc1)c1cccc(O)c1C(F)(F)F. The monoisotopic (exact) mass is 267 g/mol. The number of hydrogen-bond donors (Lipinski definition) is 1. The van der Waals surface area contributed by atoms with E-state index < -0.39 is 28.8 Å². The Morgan fingerprint density at radius 3 is 2.32 bits per heavy atom. The number of benzene rings is 1. The van der Waals surface area contributed by atoms with Gasteiger partial charge in [-0.25, -0.2) is 0 Å². The molecule has 0 aliphatic heterocycles. The molecule has 1 heterocycles. The van der Waals surface area contributed by atoms with Crippen molar-refractivity contribution in [2.24, 2.45) is 0 Å². The highest BCUT2D eigenvalue weighted by Crippen LogP contribution is 2.38. The molecule has 2 aromatic rings. The molecule has 0 amide bonds. The molecule has 1 aromatic carbocycles. The van der Waals surface area contributed by atoms with Gasteiger partial charge in [0.15, 0.2) is 5.78 Å². The predicted octanol–water partition coefficient (Wildman–Crippen LogP) is 3.04. The number of carbonyl (C=O) groups excluding carboxylic acids is 1. The van der Waals surface area contributed by atoms with Gasteiger partial charge in [-0.05, 0) is 18.2 Å². The predicted molar refractivity (Wildman–Crippen MR) is 60.8 cm³/mol. The van der Waals surface area contributed by atoms with Crippen molar-refractivity contribution >= 4 is 5.78 Å². The van der Waals surface area contributed by atoms with Crippen molar-refractivity contribution in [1.29, 1.82) is 0 Å². The molecular weight excluding hydrogens is 259 g/mol. The first-order chi connectivity index (χ1) is 8.91. The number of aromatic hydroxyl groups is 1. The second-order valence-corrected chi connectivity index (χ2v) is 3.76. The van der Waals surface area contributed by atoms with Crippen LogP contribution in [0.25, 0.3) is 0 Å². The Hall–Kier alpha value is -2.37. The molecular formula is C13H8F3NO2. The molecule has 0 spiro atoms. The maximum absolute atomic E-state index is 12.9. The van der Waals surface area contributed by atoms with Crippen molar-refractivity contribution in [1.82, 2.24) is 4.98 Å². The summed E-state index contributed by atoms with van der Waals surface area (Å²) in [6.45, 7) is 0. The fraction of sp³-hybridized carbons (Fsp3) is 0.0769. The minimum absolute atomic E-state index is 0.0751. The van der Waals surface area contributed by atoms with Gasteiger partial charge in [0.05, 0.1) is 0 Å². The number of alkyl halides is 3. The fourth-order valence-electron chi connectivity index (χ4n) is 1.69. The number of carbonyl (C=O) groups is 1. The van der Waals surface area contributed by atoms with Crippen LogP contribution in [-0.2, 0) is 6.18 Å². The van der Waals surface area contributed by atoms with Crippen molar-refractivity contribution in [3.8, 4) is 5.75 Å². The molecule has 3 nitrogen and oxygen atoms in total. The summed E-state index contributed by atoms with van der Waals surface area (Å²) in [5.41, 5.74) is -1.83. The number of halogens is 3. The summed E-state index contributed by atoms with van der Waals surface area (Å²) in [7, 11) is 0. The van der Waals surface area contributed by atoms with Gasteiger partial charge >= 0.3 is 6.18 Å². The minimum atomic E-state index is -4.80. The van der Waals surface area contributed by atoms with E-state index in [1.54, 1.807) is 0 Å². The summed E-state index contributed by atoms with van der Waals surface area (Å²) < 4.78 is 38.6. The average Bonchev–Trinajstić information content (AvgIpc) is 2.37. The smallest absolute Gasteiger partial charge is 0.420 e. The van der Waals surface area contributed by atoms with Crippen LogP contribution in [0, 0.1) is 0 Å². The zero-order chi connectivity index (χ0) is 14.0. The summed E-state index contributed by atoms with van der Waals surface area (Å²) in [6, 6.07) is 5.75. The van der Waals surface area contributed by atoms with E-state index in [1.807, 2.05) is 0 Å². The normalized spacial score (nSPS) is 11.3. The molecule has 2 rings (SSSR count). The summed E-state index contributed by atoms with van der Waals surface area (Å²) in [5, 5.41) is 9.34. The third-order valence-corrected chi connectivity index (χ3v) is 2.51. The molecule has 98 valence electrons. The molecule has 0 fully saturated rings. The molecule has 1 aromatic heterocycles. The quantitative estimate of drug-likeness (QED) is 0.851. The molecule has 0 bridgehead atoms. The van der Waals surface area contributed by atoms with Crippen molar-refractivity contribution < 1.29 is 23.1 Å². The van der Waals surface area contributed by atoms with Crippen molar-refractivity contribution in [2.75, 3.05) is 0 Å². The van der Waals surface area contributed by atoms with Crippen LogP contribution in [0.3, 0.4) is 0 Å². The van der Waals surface area contributed by atoms with Crippen LogP contribution in [-0.4, -0.2) is 15.9 Å². The van der Waals surface area contributed by atoms with E-state index in [4.69, 9.17) is 0 Å². The van der Waals surface area contributed by atoms with Gasteiger partial charge in [0.1, 0.15) is 11.3 Å². The lowest BCUT2D eigenvalue weighted by atomic mass is 9.98. The standard InChI is InChI=1S/C13H8F3NO2/c14-13(15,16)11-9(2-1-3-10(11)18)12(19)8-4-6-17-7-5-8/h1-7,18H. The summed E-state index contributed by atoms with van der Waals surface area (Å²) >= 11 is 0. The van der Waals surface area contributed by atoms with Crippen LogP contribution >= 0.6 is 0 Å². The van der Waals surface area contributed by atoms with Crippen molar-refractivity contribution in [3.63, 3.8) is 0 Å². The molecule has 0 radical (unpaired) electrons. The van der Waals surface area contributed by atoms with Gasteiger partial charge in [-0.3, -0.25) is 9.78 Å². The van der Waals surface area contributed by atoms with Gasteiger partial charge in [0.2, 0.25) is 0 Å². The minimum Gasteiger partial charge on any atom is -0.507 e. The molecule has 1 N–H and O–H groups in total. The van der Waals surface area contributed by atoms with Crippen molar-refractivity contribution in [3.05, 3.63) is 59.4 Å². The van der Waals surface area contributed by atoms with E-state index in [-0.39, 0.29) is 5.56 Å². The van der Waals surface area contributed by atoms with Gasteiger partial charge in [-0.2, -0.15) is 13.2 Å². The molecule has 6 heteroatoms. The average molecular weight is 267 g/mol. The van der Waals surface area contributed by atoms with E-state index in [1.165, 1.54) is 30.6 Å². The van der Waals surface area contributed by atoms with Crippen LogP contribution in [0.1, 0.15) is 21.5 Å². The lowest BCUT2D eigenvalue weighted by Crippen LogP contribution is -2.14. The largest absolute Gasteiger partial charge is 0.507 e. The second kappa shape index (κ2) is 4.72. The number of ketones is 1. The Labute approximate surface area is 106 Å². The topological polar surface area (TPSA) is 50.2 Å². The molecule has 19 heavy (non-hydrogen) atoms. The maximum Gasteiger partial charge on any atom is 0.420 e. The molecule has 0 saturated heterocycles. The highest BCUT2D eigenvalue weighted by Gasteiger charge is 2.38. The Morgan fingerprint density at radius 1 is 1.11 bits per heavy atom. The highest BCUT2D eigenvalue weighted by atomic mass is 19.4. The molecule has 0 unspecified atom stereocenters. The number of hydrogen-bond acceptors (Lipinski definition) is 3. The van der Waals surface area contributed by atoms with Crippen LogP contribution in [0.5, 0.6) is 5.75 Å². The lowest BCUT2D eigenvalue weighted by Gasteiger charge is -2.13. The Balaban J connectivity index is 2.58. The Bertz CT molecular complexity index is 609. The van der Waals surface area contributed by atoms with Gasteiger partial charge in [-0.1, -0.05) is 12.1 Å². The van der Waals surface area contributed by atoms with Gasteiger partial charge in [0, 0.05) is 23.5 Å². The van der Waals surface area contributed by atoms with Crippen LogP contribution in [0.15, 0.2) is 42.7 Å². The fourth-order valence-corrected chi connectivity index (χ4v) is 1.69. The van der Waals surface area contributed by atoms with Gasteiger partial charge in [0.25, 0.3) is 0 Å². The molecule has 0 aliphatic carbocycles. The summed E-state index contributed by atoms with van der Waals surface area (Å²) in [6.07, 6.45) is -2.18. The second-order valence-electron chi connectivity index (χ2n) is 3.76. The Morgan fingerprint density at radius 2 is 1.74 bits per heavy atom. The number of rotatable bonds is 2. The van der Waals surface area contributed by atoms with E-state index in [2.05, 4.69) is 4.98 Å². The summed E-state index contributed by atoms with van der Waals surface area (Å²) in [5.74, 6) is -1.78. The number of phenolic OH excluding ortho intramolecular Hbond substituents is 1. The first kappa shape index (κ1) is 13.1. The zero-order valence-corrected chi connectivity index (χ0v) is 9.48. The first-order valence-electron chi connectivity index (χ1n) is 5.25. The third kappa shape index (κ3) is 2.57. The first-order valence-corrected chi connectivity index (χ1v) is 5.25. The van der Waals surface area contributed by atoms with Crippen molar-refractivity contribution in [2.45, 2.75) is 6.18 Å². The highest BCUT2D eigenvalue weighted by molar-refractivity contribution is 6.10. The molecule has 0 saturated carbocycles. The molecule has 0 aliphatic rings. The van der Waals surface area contributed by atoms with E-state index in [9.17, 15) is 23.1 Å².